The van der Waals surface area contributed by atoms with Crippen molar-refractivity contribution in [2.75, 3.05) is 12.3 Å². The largest absolute Gasteiger partial charge is 0.397 e. The molecule has 110 valence electrons. The van der Waals surface area contributed by atoms with Crippen LogP contribution in [-0.2, 0) is 6.54 Å². The molecule has 0 atom stereocenters. The Balaban J connectivity index is 2.24. The number of anilines is 1. The molecule has 0 aliphatic carbocycles. The smallest absolute Gasteiger partial charge is 0.256 e. The van der Waals surface area contributed by atoms with Crippen molar-refractivity contribution in [1.82, 2.24) is 9.88 Å². The molecule has 2 rings (SSSR count). The zero-order chi connectivity index (χ0) is 15.4. The van der Waals surface area contributed by atoms with Gasteiger partial charge in [-0.05, 0) is 32.4 Å². The second kappa shape index (κ2) is 6.39. The molecule has 0 saturated heterocycles. The Morgan fingerprint density at radius 1 is 1.29 bits per heavy atom. The average Bonchev–Trinajstić information content (AvgIpc) is 2.46. The Morgan fingerprint density at radius 2 is 2.05 bits per heavy atom. The minimum Gasteiger partial charge on any atom is -0.397 e. The molecule has 2 N–H and O–H groups in total. The molecular formula is C17H21N3O. The number of carbonyl (C=O) groups excluding carboxylic acids is 1. The number of hydrogen-bond donors (Lipinski definition) is 1. The number of amides is 1. The van der Waals surface area contributed by atoms with E-state index in [-0.39, 0.29) is 5.91 Å². The van der Waals surface area contributed by atoms with Crippen LogP contribution in [0.25, 0.3) is 0 Å². The maximum Gasteiger partial charge on any atom is 0.256 e. The van der Waals surface area contributed by atoms with Gasteiger partial charge in [-0.1, -0.05) is 29.8 Å². The number of carbonyl (C=O) groups is 1. The summed E-state index contributed by atoms with van der Waals surface area (Å²) in [5.74, 6) is -0.0312. The summed E-state index contributed by atoms with van der Waals surface area (Å²) >= 11 is 0. The Hall–Kier alpha value is -2.36. The fourth-order valence-electron chi connectivity index (χ4n) is 2.29. The molecule has 0 aliphatic heterocycles. The lowest BCUT2D eigenvalue weighted by Crippen LogP contribution is -2.31. The maximum atomic E-state index is 12.7. The molecule has 0 bridgehead atoms. The number of benzene rings is 1. The second-order valence-corrected chi connectivity index (χ2v) is 5.21. The summed E-state index contributed by atoms with van der Waals surface area (Å²) in [6.45, 7) is 7.08. The number of rotatable bonds is 4. The molecule has 0 spiro atoms. The van der Waals surface area contributed by atoms with Crippen LogP contribution in [0.3, 0.4) is 0 Å². The lowest BCUT2D eigenvalue weighted by molar-refractivity contribution is 0.0751. The Bertz CT molecular complexity index is 652. The quantitative estimate of drug-likeness (QED) is 0.938. The summed E-state index contributed by atoms with van der Waals surface area (Å²) in [5.41, 5.74) is 9.85. The van der Waals surface area contributed by atoms with Gasteiger partial charge >= 0.3 is 0 Å². The van der Waals surface area contributed by atoms with Gasteiger partial charge in [0.05, 0.1) is 23.1 Å². The van der Waals surface area contributed by atoms with Gasteiger partial charge in [0.2, 0.25) is 0 Å². The van der Waals surface area contributed by atoms with Crippen LogP contribution < -0.4 is 5.73 Å². The summed E-state index contributed by atoms with van der Waals surface area (Å²) in [6.07, 6.45) is 1.57. The number of hydrogen-bond acceptors (Lipinski definition) is 3. The van der Waals surface area contributed by atoms with Crippen LogP contribution in [0.5, 0.6) is 0 Å². The van der Waals surface area contributed by atoms with E-state index in [1.807, 2.05) is 39.0 Å². The molecule has 0 aliphatic rings. The van der Waals surface area contributed by atoms with Gasteiger partial charge in [0.1, 0.15) is 0 Å². The first-order chi connectivity index (χ1) is 10.0. The molecule has 21 heavy (non-hydrogen) atoms. The summed E-state index contributed by atoms with van der Waals surface area (Å²) in [4.78, 5) is 18.6. The maximum absolute atomic E-state index is 12.7. The van der Waals surface area contributed by atoms with E-state index >= 15 is 0 Å². The number of pyridine rings is 1. The summed E-state index contributed by atoms with van der Waals surface area (Å²) in [7, 11) is 0. The van der Waals surface area contributed by atoms with Crippen LogP contribution in [0.15, 0.2) is 36.5 Å². The van der Waals surface area contributed by atoms with Gasteiger partial charge in [0.15, 0.2) is 0 Å². The minimum atomic E-state index is -0.0312. The fourth-order valence-corrected chi connectivity index (χ4v) is 2.29. The lowest BCUT2D eigenvalue weighted by Gasteiger charge is -2.22. The van der Waals surface area contributed by atoms with Gasteiger partial charge in [0, 0.05) is 13.1 Å². The van der Waals surface area contributed by atoms with E-state index in [9.17, 15) is 4.79 Å². The van der Waals surface area contributed by atoms with Crippen LogP contribution in [0.1, 0.15) is 34.1 Å². The molecular weight excluding hydrogens is 262 g/mol. The predicted molar refractivity (Wildman–Crippen MR) is 85.0 cm³/mol. The number of nitrogens with two attached hydrogens (primary N) is 1. The molecule has 1 amide bonds. The molecule has 2 aromatic rings. The molecule has 1 aromatic carbocycles. The summed E-state index contributed by atoms with van der Waals surface area (Å²) < 4.78 is 0. The molecule has 1 heterocycles. The van der Waals surface area contributed by atoms with Crippen molar-refractivity contribution in [3.63, 3.8) is 0 Å². The van der Waals surface area contributed by atoms with Gasteiger partial charge in [-0.15, -0.1) is 0 Å². The molecule has 1 aromatic heterocycles. The zero-order valence-corrected chi connectivity index (χ0v) is 12.8. The Labute approximate surface area is 125 Å². The van der Waals surface area contributed by atoms with E-state index in [4.69, 9.17) is 5.73 Å². The van der Waals surface area contributed by atoms with Crippen LogP contribution in [0.4, 0.5) is 5.69 Å². The molecule has 0 radical (unpaired) electrons. The highest BCUT2D eigenvalue weighted by Crippen LogP contribution is 2.15. The van der Waals surface area contributed by atoms with Crippen molar-refractivity contribution < 1.29 is 4.79 Å². The molecule has 4 nitrogen and oxygen atoms in total. The Kier molecular flexibility index (Phi) is 4.58. The van der Waals surface area contributed by atoms with Crippen molar-refractivity contribution in [1.29, 1.82) is 0 Å². The highest BCUT2D eigenvalue weighted by Gasteiger charge is 2.17. The molecule has 0 saturated carbocycles. The van der Waals surface area contributed by atoms with E-state index in [2.05, 4.69) is 11.1 Å². The van der Waals surface area contributed by atoms with E-state index in [0.717, 1.165) is 5.56 Å². The zero-order valence-electron chi connectivity index (χ0n) is 12.8. The van der Waals surface area contributed by atoms with Gasteiger partial charge in [-0.3, -0.25) is 9.78 Å². The van der Waals surface area contributed by atoms with Gasteiger partial charge in [0.25, 0.3) is 5.91 Å². The van der Waals surface area contributed by atoms with E-state index in [1.54, 1.807) is 17.2 Å². The van der Waals surface area contributed by atoms with Gasteiger partial charge < -0.3 is 10.6 Å². The first-order valence-corrected chi connectivity index (χ1v) is 7.08. The third-order valence-corrected chi connectivity index (χ3v) is 3.46. The number of nitrogen functional groups attached to an aromatic ring is 1. The SMILES string of the molecule is CCN(Cc1cccc(C)c1)C(=O)c1cc(N)cnc1C. The molecule has 0 unspecified atom stereocenters. The Morgan fingerprint density at radius 3 is 2.71 bits per heavy atom. The van der Waals surface area contributed by atoms with Crippen LogP contribution in [-0.4, -0.2) is 22.3 Å². The minimum absolute atomic E-state index is 0.0312. The highest BCUT2D eigenvalue weighted by atomic mass is 16.2. The van der Waals surface area contributed by atoms with Crippen molar-refractivity contribution in [3.05, 3.63) is 58.9 Å². The van der Waals surface area contributed by atoms with Crippen LogP contribution in [0.2, 0.25) is 0 Å². The summed E-state index contributed by atoms with van der Waals surface area (Å²) in [6, 6.07) is 9.89. The normalized spacial score (nSPS) is 10.4. The monoisotopic (exact) mass is 283 g/mol. The van der Waals surface area contributed by atoms with Gasteiger partial charge in [-0.2, -0.15) is 0 Å². The molecule has 0 fully saturated rings. The summed E-state index contributed by atoms with van der Waals surface area (Å²) in [5, 5.41) is 0. The van der Waals surface area contributed by atoms with Crippen LogP contribution in [0, 0.1) is 13.8 Å². The van der Waals surface area contributed by atoms with Gasteiger partial charge in [-0.25, -0.2) is 0 Å². The number of aryl methyl sites for hydroxylation is 2. The third kappa shape index (κ3) is 3.60. The first kappa shape index (κ1) is 15.0. The number of nitrogens with zero attached hydrogens (tertiary/aromatic N) is 2. The van der Waals surface area contributed by atoms with E-state index < -0.39 is 0 Å². The topological polar surface area (TPSA) is 59.2 Å². The fraction of sp³-hybridized carbons (Fsp3) is 0.294. The van der Waals surface area contributed by atoms with Crippen molar-refractivity contribution in [3.8, 4) is 0 Å². The third-order valence-electron chi connectivity index (χ3n) is 3.46. The lowest BCUT2D eigenvalue weighted by atomic mass is 10.1. The predicted octanol–water partition coefficient (Wildman–Crippen LogP) is 2.94. The standard InChI is InChI=1S/C17H21N3O/c1-4-20(11-14-7-5-6-12(2)8-14)17(21)16-9-15(18)10-19-13(16)3/h5-10H,4,11,18H2,1-3H3. The second-order valence-electron chi connectivity index (χ2n) is 5.21. The average molecular weight is 283 g/mol. The van der Waals surface area contributed by atoms with Crippen molar-refractivity contribution >= 4 is 11.6 Å². The van der Waals surface area contributed by atoms with Crippen molar-refractivity contribution in [2.24, 2.45) is 0 Å². The van der Waals surface area contributed by atoms with Crippen molar-refractivity contribution in [2.45, 2.75) is 27.3 Å². The molecule has 4 heteroatoms. The van der Waals surface area contributed by atoms with E-state index in [0.29, 0.717) is 30.0 Å². The van der Waals surface area contributed by atoms with E-state index in [1.165, 1.54) is 5.56 Å². The highest BCUT2D eigenvalue weighted by molar-refractivity contribution is 5.95. The van der Waals surface area contributed by atoms with Crippen LogP contribution >= 0.6 is 0 Å². The number of aromatic nitrogens is 1. The first-order valence-electron chi connectivity index (χ1n) is 7.08.